The lowest BCUT2D eigenvalue weighted by atomic mass is 9.77. The van der Waals surface area contributed by atoms with Gasteiger partial charge in [-0.05, 0) is 47.4 Å². The van der Waals surface area contributed by atoms with Crippen molar-refractivity contribution < 1.29 is 27.1 Å². The first kappa shape index (κ1) is 19.2. The SMILES string of the molecule is CCCCC1c2c(cc(F)c(OC)c2Cl)C2=C(C(F)(F)F)C(=O)CCC21. The van der Waals surface area contributed by atoms with Crippen LogP contribution in [0.1, 0.15) is 56.1 Å². The Balaban J connectivity index is 2.32. The molecule has 142 valence electrons. The van der Waals surface area contributed by atoms with Crippen LogP contribution in [0.3, 0.4) is 0 Å². The van der Waals surface area contributed by atoms with E-state index in [4.69, 9.17) is 16.3 Å². The van der Waals surface area contributed by atoms with Crippen LogP contribution in [0.15, 0.2) is 11.6 Å². The van der Waals surface area contributed by atoms with Crippen LogP contribution in [-0.4, -0.2) is 19.1 Å². The van der Waals surface area contributed by atoms with E-state index >= 15 is 0 Å². The van der Waals surface area contributed by atoms with Crippen LogP contribution in [-0.2, 0) is 4.79 Å². The zero-order valence-corrected chi connectivity index (χ0v) is 15.2. The van der Waals surface area contributed by atoms with Gasteiger partial charge in [-0.25, -0.2) is 4.39 Å². The number of carbonyl (C=O) groups is 1. The van der Waals surface area contributed by atoms with Crippen molar-refractivity contribution in [2.45, 2.75) is 51.1 Å². The Kier molecular flexibility index (Phi) is 5.08. The average molecular weight is 391 g/mol. The lowest BCUT2D eigenvalue weighted by molar-refractivity contribution is -0.129. The van der Waals surface area contributed by atoms with Gasteiger partial charge in [0.05, 0.1) is 12.1 Å². The van der Waals surface area contributed by atoms with Crippen molar-refractivity contribution in [1.82, 2.24) is 0 Å². The molecule has 0 aromatic heterocycles. The third-order valence-corrected chi connectivity index (χ3v) is 5.69. The van der Waals surface area contributed by atoms with Gasteiger partial charge in [0.2, 0.25) is 0 Å². The van der Waals surface area contributed by atoms with Crippen molar-refractivity contribution in [3.05, 3.63) is 33.6 Å². The predicted octanol–water partition coefficient (Wildman–Crippen LogP) is 6.07. The van der Waals surface area contributed by atoms with Crippen LogP contribution < -0.4 is 4.74 Å². The molecule has 26 heavy (non-hydrogen) atoms. The van der Waals surface area contributed by atoms with Gasteiger partial charge >= 0.3 is 6.18 Å². The third kappa shape index (κ3) is 2.92. The van der Waals surface area contributed by atoms with Crippen molar-refractivity contribution in [2.24, 2.45) is 5.92 Å². The maximum Gasteiger partial charge on any atom is 0.420 e. The van der Waals surface area contributed by atoms with Crippen LogP contribution in [0.25, 0.3) is 5.57 Å². The number of fused-ring (bicyclic) bond motifs is 3. The van der Waals surface area contributed by atoms with Gasteiger partial charge in [-0.1, -0.05) is 31.4 Å². The Morgan fingerprint density at radius 3 is 2.62 bits per heavy atom. The molecular formula is C19H19ClF4O2. The molecular weight excluding hydrogens is 372 g/mol. The maximum atomic E-state index is 14.4. The molecule has 0 spiro atoms. The number of alkyl halides is 3. The number of halogens is 5. The Hall–Kier alpha value is -1.56. The number of ether oxygens (including phenoxy) is 1. The molecule has 2 atom stereocenters. The summed E-state index contributed by atoms with van der Waals surface area (Å²) in [6.07, 6.45) is -2.30. The molecule has 2 unspecified atom stereocenters. The third-order valence-electron chi connectivity index (χ3n) is 5.32. The first-order valence-electron chi connectivity index (χ1n) is 8.63. The minimum Gasteiger partial charge on any atom is -0.492 e. The average Bonchev–Trinajstić information content (AvgIpc) is 2.85. The van der Waals surface area contributed by atoms with Gasteiger partial charge < -0.3 is 4.74 Å². The number of unbranched alkanes of at least 4 members (excludes halogenated alkanes) is 1. The van der Waals surface area contributed by atoms with Crippen LogP contribution in [0, 0.1) is 11.7 Å². The molecule has 2 aliphatic carbocycles. The summed E-state index contributed by atoms with van der Waals surface area (Å²) < 4.78 is 60.2. The van der Waals surface area contributed by atoms with Crippen LogP contribution in [0.4, 0.5) is 17.6 Å². The monoisotopic (exact) mass is 390 g/mol. The molecule has 3 rings (SSSR count). The highest BCUT2D eigenvalue weighted by Crippen LogP contribution is 2.58. The molecule has 0 N–H and O–H groups in total. The van der Waals surface area contributed by atoms with Gasteiger partial charge in [-0.2, -0.15) is 13.2 Å². The van der Waals surface area contributed by atoms with E-state index in [1.54, 1.807) is 0 Å². The fourth-order valence-electron chi connectivity index (χ4n) is 4.30. The summed E-state index contributed by atoms with van der Waals surface area (Å²) in [6.45, 7) is 1.99. The van der Waals surface area contributed by atoms with Crippen molar-refractivity contribution in [2.75, 3.05) is 7.11 Å². The van der Waals surface area contributed by atoms with E-state index < -0.39 is 29.3 Å². The molecule has 1 aromatic carbocycles. The number of ketones is 1. The Labute approximate surface area is 154 Å². The number of rotatable bonds is 4. The van der Waals surface area contributed by atoms with Crippen molar-refractivity contribution in [3.63, 3.8) is 0 Å². The van der Waals surface area contributed by atoms with Gasteiger partial charge in [-0.3, -0.25) is 4.79 Å². The van der Waals surface area contributed by atoms with E-state index in [9.17, 15) is 22.4 Å². The van der Waals surface area contributed by atoms with E-state index in [-0.39, 0.29) is 34.2 Å². The summed E-state index contributed by atoms with van der Waals surface area (Å²) in [5.74, 6) is -2.66. The molecule has 0 amide bonds. The fourth-order valence-corrected chi connectivity index (χ4v) is 4.71. The van der Waals surface area contributed by atoms with Crippen LogP contribution in [0.2, 0.25) is 5.02 Å². The smallest absolute Gasteiger partial charge is 0.420 e. The number of hydrogen-bond donors (Lipinski definition) is 0. The van der Waals surface area contributed by atoms with Gasteiger partial charge in [0.1, 0.15) is 5.57 Å². The zero-order chi connectivity index (χ0) is 19.2. The summed E-state index contributed by atoms with van der Waals surface area (Å²) >= 11 is 6.34. The molecule has 0 radical (unpaired) electrons. The fraction of sp³-hybridized carbons (Fsp3) is 0.526. The summed E-state index contributed by atoms with van der Waals surface area (Å²) in [4.78, 5) is 12.1. The number of Topliss-reactive ketones (excluding diaryl/α,β-unsaturated/α-hetero) is 1. The molecule has 1 aromatic rings. The summed E-state index contributed by atoms with van der Waals surface area (Å²) in [5.41, 5.74) is -0.641. The summed E-state index contributed by atoms with van der Waals surface area (Å²) in [6, 6.07) is 1.04. The van der Waals surface area contributed by atoms with Crippen molar-refractivity contribution in [1.29, 1.82) is 0 Å². The number of allylic oxidation sites excluding steroid dienone is 2. The van der Waals surface area contributed by atoms with E-state index in [0.717, 1.165) is 18.9 Å². The lowest BCUT2D eigenvalue weighted by Gasteiger charge is -2.28. The van der Waals surface area contributed by atoms with Gasteiger partial charge in [0.25, 0.3) is 0 Å². The molecule has 2 nitrogen and oxygen atoms in total. The predicted molar refractivity (Wildman–Crippen MR) is 90.9 cm³/mol. The largest absolute Gasteiger partial charge is 0.492 e. The minimum absolute atomic E-state index is 0.0134. The number of benzene rings is 1. The second-order valence-corrected chi connectivity index (χ2v) is 7.15. The van der Waals surface area contributed by atoms with Crippen LogP contribution in [0.5, 0.6) is 5.75 Å². The lowest BCUT2D eigenvalue weighted by Crippen LogP contribution is -2.28. The number of hydrogen-bond acceptors (Lipinski definition) is 2. The molecule has 0 saturated carbocycles. The molecule has 2 aliphatic rings. The van der Waals surface area contributed by atoms with Gasteiger partial charge in [0.15, 0.2) is 17.3 Å². The maximum absolute atomic E-state index is 14.4. The Bertz CT molecular complexity index is 783. The highest BCUT2D eigenvalue weighted by atomic mass is 35.5. The molecule has 7 heteroatoms. The van der Waals surface area contributed by atoms with Crippen molar-refractivity contribution in [3.8, 4) is 5.75 Å². The highest BCUT2D eigenvalue weighted by Gasteiger charge is 2.50. The number of carbonyl (C=O) groups excluding carboxylic acids is 1. The standard InChI is InChI=1S/C19H19ClF4O2/c1-3-4-5-9-10-6-7-13(25)16(19(22,23)24)14(10)11-8-12(21)18(26-2)17(20)15(9)11/h8-10H,3-7H2,1-2H3. The van der Waals surface area contributed by atoms with Gasteiger partial charge in [-0.15, -0.1) is 0 Å². The second-order valence-electron chi connectivity index (χ2n) is 6.77. The van der Waals surface area contributed by atoms with E-state index in [2.05, 4.69) is 0 Å². The topological polar surface area (TPSA) is 26.3 Å². The van der Waals surface area contributed by atoms with E-state index in [1.165, 1.54) is 7.11 Å². The molecule has 0 heterocycles. The Morgan fingerprint density at radius 1 is 1.35 bits per heavy atom. The summed E-state index contributed by atoms with van der Waals surface area (Å²) in [7, 11) is 1.27. The number of methoxy groups -OCH3 is 1. The highest BCUT2D eigenvalue weighted by molar-refractivity contribution is 6.33. The zero-order valence-electron chi connectivity index (χ0n) is 14.5. The molecule has 0 saturated heterocycles. The molecule has 0 bridgehead atoms. The first-order chi connectivity index (χ1) is 12.2. The molecule has 0 fully saturated rings. The van der Waals surface area contributed by atoms with Crippen molar-refractivity contribution >= 4 is 23.0 Å². The normalized spacial score (nSPS) is 22.5. The minimum atomic E-state index is -4.77. The van der Waals surface area contributed by atoms with E-state index in [0.29, 0.717) is 18.4 Å². The van der Waals surface area contributed by atoms with Gasteiger partial charge in [0, 0.05) is 6.42 Å². The van der Waals surface area contributed by atoms with E-state index in [1.807, 2.05) is 6.92 Å². The summed E-state index contributed by atoms with van der Waals surface area (Å²) in [5, 5.41) is 0.0134. The second kappa shape index (κ2) is 6.87. The Morgan fingerprint density at radius 2 is 2.04 bits per heavy atom. The quantitative estimate of drug-likeness (QED) is 0.583. The first-order valence-corrected chi connectivity index (χ1v) is 9.00. The van der Waals surface area contributed by atoms with Crippen LogP contribution >= 0.6 is 11.6 Å². The molecule has 0 aliphatic heterocycles.